The van der Waals surface area contributed by atoms with Gasteiger partial charge in [-0.1, -0.05) is 36.4 Å². The molecule has 0 aromatic heterocycles. The minimum atomic E-state index is -1.04. The van der Waals surface area contributed by atoms with Crippen molar-refractivity contribution < 1.29 is 9.84 Å². The molecule has 0 aliphatic rings. The number of hydrogen-bond donors (Lipinski definition) is 1. The summed E-state index contributed by atoms with van der Waals surface area (Å²) in [4.78, 5) is 0. The van der Waals surface area contributed by atoms with E-state index >= 15 is 0 Å². The maximum atomic E-state index is 9.82. The largest absolute Gasteiger partial charge is 0.364 e. The third-order valence-electron chi connectivity index (χ3n) is 2.66. The molecule has 2 rings (SSSR count). The van der Waals surface area contributed by atoms with Gasteiger partial charge in [0.15, 0.2) is 6.29 Å². The van der Waals surface area contributed by atoms with E-state index in [4.69, 9.17) is 4.74 Å². The van der Waals surface area contributed by atoms with E-state index in [0.29, 0.717) is 17.7 Å². The molecular formula is C14H13NO2. The van der Waals surface area contributed by atoms with Crippen LogP contribution >= 0.6 is 0 Å². The third-order valence-corrected chi connectivity index (χ3v) is 2.66. The van der Waals surface area contributed by atoms with Gasteiger partial charge in [0, 0.05) is 12.2 Å². The lowest BCUT2D eigenvalue weighted by Crippen LogP contribution is -2.05. The van der Waals surface area contributed by atoms with Crippen LogP contribution in [0.2, 0.25) is 0 Å². The van der Waals surface area contributed by atoms with Gasteiger partial charge in [0.05, 0.1) is 5.56 Å². The highest BCUT2D eigenvalue weighted by atomic mass is 16.6. The van der Waals surface area contributed by atoms with E-state index in [9.17, 15) is 10.4 Å². The number of benzene rings is 2. The summed E-state index contributed by atoms with van der Waals surface area (Å²) in [6.07, 6.45) is -1.04. The van der Waals surface area contributed by atoms with Gasteiger partial charge >= 0.3 is 0 Å². The maximum absolute atomic E-state index is 9.82. The Morgan fingerprint density at radius 3 is 2.76 bits per heavy atom. The number of nitriles is 1. The summed E-state index contributed by atoms with van der Waals surface area (Å²) in [5.41, 5.74) is 0.997. The van der Waals surface area contributed by atoms with Gasteiger partial charge in [-0.3, -0.25) is 0 Å². The van der Waals surface area contributed by atoms with Gasteiger partial charge in [-0.15, -0.1) is 0 Å². The molecule has 2 aromatic carbocycles. The molecule has 0 saturated carbocycles. The molecule has 0 radical (unpaired) electrons. The number of rotatable bonds is 3. The molecule has 1 N–H and O–H groups in total. The van der Waals surface area contributed by atoms with Crippen LogP contribution in [0.3, 0.4) is 0 Å². The number of aliphatic hydroxyl groups excluding tert-OH is 1. The number of ether oxygens (including phenoxy) is 1. The predicted molar refractivity (Wildman–Crippen MR) is 65.2 cm³/mol. The molecule has 0 heterocycles. The van der Waals surface area contributed by atoms with Gasteiger partial charge in [0.1, 0.15) is 6.07 Å². The topological polar surface area (TPSA) is 53.2 Å². The van der Waals surface area contributed by atoms with Crippen molar-refractivity contribution in [2.45, 2.75) is 13.2 Å². The molecule has 0 bridgehead atoms. The van der Waals surface area contributed by atoms with Crippen molar-refractivity contribution in [1.82, 2.24) is 0 Å². The van der Waals surface area contributed by atoms with E-state index in [1.165, 1.54) is 0 Å². The lowest BCUT2D eigenvalue weighted by molar-refractivity contribution is -0.0980. The van der Waals surface area contributed by atoms with Crippen LogP contribution in [0.4, 0.5) is 0 Å². The molecule has 3 heteroatoms. The molecule has 0 spiro atoms. The fraction of sp³-hybridized carbons (Fsp3) is 0.214. The molecule has 17 heavy (non-hydrogen) atoms. The molecule has 0 fully saturated rings. The smallest absolute Gasteiger partial charge is 0.182 e. The van der Waals surface area contributed by atoms with Gasteiger partial charge in [-0.2, -0.15) is 5.26 Å². The Kier molecular flexibility index (Phi) is 3.38. The highest BCUT2D eigenvalue weighted by Crippen LogP contribution is 2.26. The molecule has 0 aliphatic carbocycles. The van der Waals surface area contributed by atoms with Gasteiger partial charge in [0.2, 0.25) is 0 Å². The van der Waals surface area contributed by atoms with Gasteiger partial charge in [-0.25, -0.2) is 0 Å². The molecular weight excluding hydrogens is 214 g/mol. The summed E-state index contributed by atoms with van der Waals surface area (Å²) in [5.74, 6) is 0. The molecule has 0 aliphatic heterocycles. The van der Waals surface area contributed by atoms with Crippen molar-refractivity contribution >= 4 is 10.8 Å². The Balaban J connectivity index is 2.62. The van der Waals surface area contributed by atoms with Crippen molar-refractivity contribution in [2.75, 3.05) is 6.61 Å². The Labute approximate surface area is 99.9 Å². The zero-order valence-electron chi connectivity index (χ0n) is 9.55. The number of hydrogen-bond acceptors (Lipinski definition) is 3. The van der Waals surface area contributed by atoms with Crippen LogP contribution in [-0.4, -0.2) is 11.7 Å². The highest BCUT2D eigenvalue weighted by molar-refractivity contribution is 5.89. The molecule has 0 amide bonds. The Morgan fingerprint density at radius 1 is 1.29 bits per heavy atom. The maximum Gasteiger partial charge on any atom is 0.182 e. The van der Waals surface area contributed by atoms with Crippen LogP contribution in [-0.2, 0) is 4.74 Å². The Bertz CT molecular complexity index is 572. The lowest BCUT2D eigenvalue weighted by atomic mass is 9.99. The second kappa shape index (κ2) is 4.96. The monoisotopic (exact) mass is 227 g/mol. The van der Waals surface area contributed by atoms with E-state index < -0.39 is 6.29 Å². The molecule has 86 valence electrons. The first-order chi connectivity index (χ1) is 8.27. The van der Waals surface area contributed by atoms with E-state index in [1.807, 2.05) is 30.3 Å². The number of aliphatic hydroxyl groups is 1. The fourth-order valence-electron chi connectivity index (χ4n) is 1.87. The first kappa shape index (κ1) is 11.6. The van der Waals surface area contributed by atoms with Crippen molar-refractivity contribution in [2.24, 2.45) is 0 Å². The highest BCUT2D eigenvalue weighted by Gasteiger charge is 2.14. The van der Waals surface area contributed by atoms with Crippen molar-refractivity contribution in [3.8, 4) is 6.07 Å². The van der Waals surface area contributed by atoms with Crippen LogP contribution in [0.1, 0.15) is 24.3 Å². The molecule has 0 saturated heterocycles. The zero-order chi connectivity index (χ0) is 12.3. The third kappa shape index (κ3) is 2.14. The van der Waals surface area contributed by atoms with Crippen LogP contribution < -0.4 is 0 Å². The normalized spacial score (nSPS) is 12.3. The van der Waals surface area contributed by atoms with Gasteiger partial charge in [0.25, 0.3) is 0 Å². The molecule has 1 atom stereocenters. The van der Waals surface area contributed by atoms with E-state index in [2.05, 4.69) is 6.07 Å². The summed E-state index contributed by atoms with van der Waals surface area (Å²) >= 11 is 0. The van der Waals surface area contributed by atoms with Crippen molar-refractivity contribution in [3.63, 3.8) is 0 Å². The van der Waals surface area contributed by atoms with Crippen LogP contribution in [0.15, 0.2) is 36.4 Å². The summed E-state index contributed by atoms with van der Waals surface area (Å²) in [6.45, 7) is 2.20. The number of fused-ring (bicyclic) bond motifs is 1. The first-order valence-electron chi connectivity index (χ1n) is 5.49. The average molecular weight is 227 g/mol. The Hall–Kier alpha value is -1.89. The second-order valence-corrected chi connectivity index (χ2v) is 3.67. The first-order valence-corrected chi connectivity index (χ1v) is 5.49. The Morgan fingerprint density at radius 2 is 2.06 bits per heavy atom. The van der Waals surface area contributed by atoms with Crippen molar-refractivity contribution in [1.29, 1.82) is 5.26 Å². The van der Waals surface area contributed by atoms with Crippen molar-refractivity contribution in [3.05, 3.63) is 47.5 Å². The van der Waals surface area contributed by atoms with Gasteiger partial charge < -0.3 is 9.84 Å². The minimum absolute atomic E-state index is 0.402. The number of nitrogens with zero attached hydrogens (tertiary/aromatic N) is 1. The zero-order valence-corrected chi connectivity index (χ0v) is 9.55. The fourth-order valence-corrected chi connectivity index (χ4v) is 1.87. The van der Waals surface area contributed by atoms with Crippen LogP contribution in [0, 0.1) is 11.3 Å². The van der Waals surface area contributed by atoms with Crippen LogP contribution in [0.5, 0.6) is 0 Å². The summed E-state index contributed by atoms with van der Waals surface area (Å²) < 4.78 is 5.12. The minimum Gasteiger partial charge on any atom is -0.364 e. The average Bonchev–Trinajstić information content (AvgIpc) is 2.37. The van der Waals surface area contributed by atoms with E-state index in [-0.39, 0.29) is 0 Å². The van der Waals surface area contributed by atoms with Gasteiger partial charge in [-0.05, 0) is 17.7 Å². The quantitative estimate of drug-likeness (QED) is 0.820. The van der Waals surface area contributed by atoms with Crippen LogP contribution in [0.25, 0.3) is 10.8 Å². The predicted octanol–water partition coefficient (Wildman–Crippen LogP) is 2.74. The summed E-state index contributed by atoms with van der Waals surface area (Å²) in [5, 5.41) is 20.9. The summed E-state index contributed by atoms with van der Waals surface area (Å²) in [7, 11) is 0. The molecule has 2 aromatic rings. The van der Waals surface area contributed by atoms with E-state index in [0.717, 1.165) is 10.8 Å². The molecule has 3 nitrogen and oxygen atoms in total. The standard InChI is InChI=1S/C14H13NO2/c1-2-17-14(16)12-8-7-10-5-3-4-6-11(10)13(12)9-15/h3-8,14,16H,2H2,1H3. The second-order valence-electron chi connectivity index (χ2n) is 3.67. The lowest BCUT2D eigenvalue weighted by Gasteiger charge is -2.13. The molecule has 1 unspecified atom stereocenters. The van der Waals surface area contributed by atoms with E-state index in [1.54, 1.807) is 13.0 Å². The summed E-state index contributed by atoms with van der Waals surface area (Å²) in [6, 6.07) is 13.4. The SMILES string of the molecule is CCOC(O)c1ccc2ccccc2c1C#N.